The van der Waals surface area contributed by atoms with E-state index in [2.05, 4.69) is 23.7 Å². The largest absolute Gasteiger partial charge is 0.492 e. The van der Waals surface area contributed by atoms with E-state index in [4.69, 9.17) is 4.74 Å². The van der Waals surface area contributed by atoms with Crippen molar-refractivity contribution in [2.75, 3.05) is 26.2 Å². The van der Waals surface area contributed by atoms with Gasteiger partial charge in [0.05, 0.1) is 0 Å². The fraction of sp³-hybridized carbons (Fsp3) is 0.455. The summed E-state index contributed by atoms with van der Waals surface area (Å²) in [6, 6.07) is 11.4. The zero-order chi connectivity index (χ0) is 19.4. The van der Waals surface area contributed by atoms with Crippen molar-refractivity contribution in [3.8, 4) is 22.9 Å². The molecule has 1 saturated heterocycles. The molecule has 27 heavy (non-hydrogen) atoms. The fourth-order valence-corrected chi connectivity index (χ4v) is 4.05. The van der Waals surface area contributed by atoms with Gasteiger partial charge in [-0.05, 0) is 48.9 Å². The lowest BCUT2D eigenvalue weighted by Crippen LogP contribution is -2.40. The highest BCUT2D eigenvalue weighted by Crippen LogP contribution is 2.26. The van der Waals surface area contributed by atoms with E-state index in [-0.39, 0.29) is 11.1 Å². The third kappa shape index (κ3) is 4.78. The van der Waals surface area contributed by atoms with Gasteiger partial charge in [-0.1, -0.05) is 26.0 Å². The average Bonchev–Trinajstić information content (AvgIpc) is 2.60. The van der Waals surface area contributed by atoms with Crippen molar-refractivity contribution in [3.63, 3.8) is 0 Å². The molecule has 2 aromatic rings. The van der Waals surface area contributed by atoms with Gasteiger partial charge in [-0.3, -0.25) is 9.69 Å². The van der Waals surface area contributed by atoms with E-state index in [1.165, 1.54) is 6.42 Å². The Hall–Kier alpha value is -2.58. The summed E-state index contributed by atoms with van der Waals surface area (Å²) in [7, 11) is 0. The van der Waals surface area contributed by atoms with Crippen molar-refractivity contribution >= 4 is 0 Å². The maximum atomic E-state index is 12.0. The second-order valence-corrected chi connectivity index (χ2v) is 7.76. The highest BCUT2D eigenvalue weighted by Gasteiger charge is 2.21. The number of pyridine rings is 1. The number of H-pyrrole nitrogens is 1. The number of aromatic nitrogens is 1. The summed E-state index contributed by atoms with van der Waals surface area (Å²) in [5, 5.41) is 9.34. The van der Waals surface area contributed by atoms with Crippen LogP contribution in [0.3, 0.4) is 0 Å². The van der Waals surface area contributed by atoms with Gasteiger partial charge in [-0.2, -0.15) is 5.26 Å². The number of nitrogens with zero attached hydrogens (tertiary/aromatic N) is 2. The number of aryl methyl sites for hydroxylation is 1. The lowest BCUT2D eigenvalue weighted by atomic mass is 9.92. The van der Waals surface area contributed by atoms with Crippen LogP contribution in [-0.2, 0) is 0 Å². The minimum atomic E-state index is -0.354. The second kappa shape index (κ2) is 8.41. The topological polar surface area (TPSA) is 69.1 Å². The molecule has 0 aliphatic carbocycles. The minimum absolute atomic E-state index is 0.133. The van der Waals surface area contributed by atoms with Crippen LogP contribution in [0, 0.1) is 30.1 Å². The first-order chi connectivity index (χ1) is 13.0. The van der Waals surface area contributed by atoms with Crippen molar-refractivity contribution in [3.05, 3.63) is 51.9 Å². The average molecular weight is 365 g/mol. The van der Waals surface area contributed by atoms with E-state index in [1.807, 2.05) is 43.3 Å². The molecule has 1 aromatic carbocycles. The van der Waals surface area contributed by atoms with Crippen molar-refractivity contribution in [1.29, 1.82) is 5.26 Å². The molecular formula is C22H27N3O2. The number of hydrogen-bond donors (Lipinski definition) is 1. The van der Waals surface area contributed by atoms with Crippen LogP contribution in [0.25, 0.3) is 11.1 Å². The molecule has 0 saturated carbocycles. The van der Waals surface area contributed by atoms with Gasteiger partial charge in [0.25, 0.3) is 5.56 Å². The summed E-state index contributed by atoms with van der Waals surface area (Å²) < 4.78 is 5.96. The van der Waals surface area contributed by atoms with E-state index >= 15 is 0 Å². The molecule has 1 aliphatic rings. The van der Waals surface area contributed by atoms with Crippen molar-refractivity contribution in [1.82, 2.24) is 9.88 Å². The number of ether oxygens (including phenoxy) is 1. The molecule has 1 fully saturated rings. The highest BCUT2D eigenvalue weighted by molar-refractivity contribution is 5.71. The van der Waals surface area contributed by atoms with Gasteiger partial charge in [-0.25, -0.2) is 0 Å². The van der Waals surface area contributed by atoms with E-state index < -0.39 is 0 Å². The Bertz CT molecular complexity index is 887. The van der Waals surface area contributed by atoms with Gasteiger partial charge < -0.3 is 9.72 Å². The molecule has 0 spiro atoms. The van der Waals surface area contributed by atoms with Crippen LogP contribution in [0.5, 0.6) is 5.75 Å². The van der Waals surface area contributed by atoms with E-state index in [9.17, 15) is 10.1 Å². The quantitative estimate of drug-likeness (QED) is 0.879. The van der Waals surface area contributed by atoms with Gasteiger partial charge >= 0.3 is 0 Å². The normalized spacial score (nSPS) is 20.2. The maximum absolute atomic E-state index is 12.0. The third-order valence-electron chi connectivity index (χ3n) is 5.05. The summed E-state index contributed by atoms with van der Waals surface area (Å²) >= 11 is 0. The van der Waals surface area contributed by atoms with E-state index in [1.54, 1.807) is 0 Å². The molecule has 1 N–H and O–H groups in total. The molecule has 5 heteroatoms. The Labute approximate surface area is 160 Å². The van der Waals surface area contributed by atoms with E-state index in [0.717, 1.165) is 48.5 Å². The Kier molecular flexibility index (Phi) is 5.98. The Morgan fingerprint density at radius 2 is 2.00 bits per heavy atom. The zero-order valence-corrected chi connectivity index (χ0v) is 16.3. The van der Waals surface area contributed by atoms with Crippen LogP contribution < -0.4 is 10.3 Å². The molecule has 0 amide bonds. The van der Waals surface area contributed by atoms with Crippen molar-refractivity contribution in [2.45, 2.75) is 27.2 Å². The summed E-state index contributed by atoms with van der Waals surface area (Å²) in [5.41, 5.74) is 1.97. The lowest BCUT2D eigenvalue weighted by Gasteiger charge is -2.34. The van der Waals surface area contributed by atoms with Gasteiger partial charge in [0.15, 0.2) is 0 Å². The van der Waals surface area contributed by atoms with Crippen LogP contribution in [0.4, 0.5) is 0 Å². The Morgan fingerprint density at radius 1 is 1.26 bits per heavy atom. The van der Waals surface area contributed by atoms with E-state index in [0.29, 0.717) is 12.2 Å². The number of nitriles is 1. The fourth-order valence-electron chi connectivity index (χ4n) is 4.05. The van der Waals surface area contributed by atoms with Gasteiger partial charge in [0.2, 0.25) is 0 Å². The number of likely N-dealkylation sites (tertiary alicyclic amines) is 1. The molecule has 3 rings (SSSR count). The monoisotopic (exact) mass is 365 g/mol. The number of aromatic amines is 1. The smallest absolute Gasteiger partial charge is 0.266 e. The SMILES string of the molecule is Cc1cc(-c2cccc(OCCN3CC(C)CC(C)C3)c2)c(C#N)c(=O)[nH]1. The summed E-state index contributed by atoms with van der Waals surface area (Å²) in [5.74, 6) is 2.23. The standard InChI is InChI=1S/C22H27N3O2/c1-15-9-16(2)14-25(13-15)7-8-27-19-6-4-5-18(11-19)20-10-17(3)24-22(26)21(20)12-23/h4-6,10-11,15-16H,7-9,13-14H2,1-3H3,(H,24,26). The molecule has 1 aliphatic heterocycles. The molecule has 142 valence electrons. The van der Waals surface area contributed by atoms with Crippen LogP contribution in [-0.4, -0.2) is 36.1 Å². The number of nitrogens with one attached hydrogen (secondary N) is 1. The molecular weight excluding hydrogens is 338 g/mol. The number of rotatable bonds is 5. The molecule has 2 atom stereocenters. The van der Waals surface area contributed by atoms with Gasteiger partial charge in [0.1, 0.15) is 24.0 Å². The van der Waals surface area contributed by atoms with Crippen LogP contribution in [0.2, 0.25) is 0 Å². The second-order valence-electron chi connectivity index (χ2n) is 7.76. The van der Waals surface area contributed by atoms with Crippen molar-refractivity contribution in [2.24, 2.45) is 11.8 Å². The number of piperidine rings is 1. The predicted octanol–water partition coefficient (Wildman–Crippen LogP) is 3.58. The first-order valence-electron chi connectivity index (χ1n) is 9.56. The minimum Gasteiger partial charge on any atom is -0.492 e. The van der Waals surface area contributed by atoms with Gasteiger partial charge in [-0.15, -0.1) is 0 Å². The molecule has 1 aromatic heterocycles. The molecule has 2 heterocycles. The maximum Gasteiger partial charge on any atom is 0.266 e. The molecule has 5 nitrogen and oxygen atoms in total. The summed E-state index contributed by atoms with van der Waals surface area (Å²) in [4.78, 5) is 17.2. The highest BCUT2D eigenvalue weighted by atomic mass is 16.5. The molecule has 0 radical (unpaired) electrons. The first-order valence-corrected chi connectivity index (χ1v) is 9.56. The zero-order valence-electron chi connectivity index (χ0n) is 16.3. The Balaban J connectivity index is 1.70. The van der Waals surface area contributed by atoms with Crippen molar-refractivity contribution < 1.29 is 4.74 Å². The predicted molar refractivity (Wildman–Crippen MR) is 107 cm³/mol. The van der Waals surface area contributed by atoms with Crippen LogP contribution >= 0.6 is 0 Å². The van der Waals surface area contributed by atoms with Crippen LogP contribution in [0.1, 0.15) is 31.5 Å². The molecule has 2 unspecified atom stereocenters. The molecule has 0 bridgehead atoms. The summed E-state index contributed by atoms with van der Waals surface area (Å²) in [6.45, 7) is 10.2. The third-order valence-corrected chi connectivity index (χ3v) is 5.05. The number of hydrogen-bond acceptors (Lipinski definition) is 4. The number of benzene rings is 1. The van der Waals surface area contributed by atoms with Gasteiger partial charge in [0, 0.05) is 30.9 Å². The van der Waals surface area contributed by atoms with Crippen LogP contribution in [0.15, 0.2) is 35.1 Å². The summed E-state index contributed by atoms with van der Waals surface area (Å²) in [6.07, 6.45) is 1.30. The first kappa shape index (κ1) is 19.2. The lowest BCUT2D eigenvalue weighted by molar-refractivity contribution is 0.120. The Morgan fingerprint density at radius 3 is 2.70 bits per heavy atom.